The molecule has 3 aromatic rings. The summed E-state index contributed by atoms with van der Waals surface area (Å²) in [4.78, 5) is 25.4. The minimum Gasteiger partial charge on any atom is -0.464 e. The Morgan fingerprint density at radius 1 is 1.18 bits per heavy atom. The fourth-order valence-corrected chi connectivity index (χ4v) is 3.65. The zero-order valence-electron chi connectivity index (χ0n) is 16.3. The third-order valence-electron chi connectivity index (χ3n) is 5.17. The number of carbonyl (C=O) groups excluding carboxylic acids is 1. The molecule has 0 aliphatic heterocycles. The fourth-order valence-electron chi connectivity index (χ4n) is 3.65. The molecule has 0 saturated heterocycles. The number of nitrogens with zero attached hydrogens (tertiary/aromatic N) is 1. The molecule has 1 aliphatic carbocycles. The van der Waals surface area contributed by atoms with Gasteiger partial charge in [0.25, 0.3) is 0 Å². The first-order valence-electron chi connectivity index (χ1n) is 9.50. The summed E-state index contributed by atoms with van der Waals surface area (Å²) in [6.45, 7) is 4.92. The van der Waals surface area contributed by atoms with Gasteiger partial charge in [0.2, 0.25) is 5.91 Å². The highest BCUT2D eigenvalue weighted by atomic mass is 16.4. The Labute approximate surface area is 163 Å². The van der Waals surface area contributed by atoms with Gasteiger partial charge in [-0.1, -0.05) is 6.92 Å². The molecule has 6 nitrogen and oxygen atoms in total. The molecule has 146 valence electrons. The second-order valence-corrected chi connectivity index (χ2v) is 7.78. The van der Waals surface area contributed by atoms with E-state index in [-0.39, 0.29) is 5.91 Å². The molecule has 1 saturated carbocycles. The van der Waals surface area contributed by atoms with Gasteiger partial charge in [-0.15, -0.1) is 0 Å². The van der Waals surface area contributed by atoms with E-state index in [0.717, 1.165) is 22.5 Å². The van der Waals surface area contributed by atoms with Crippen molar-refractivity contribution in [2.45, 2.75) is 39.3 Å². The van der Waals surface area contributed by atoms with Gasteiger partial charge in [-0.3, -0.25) is 9.69 Å². The van der Waals surface area contributed by atoms with Crippen molar-refractivity contribution in [2.75, 3.05) is 12.4 Å². The first-order valence-corrected chi connectivity index (χ1v) is 9.50. The third-order valence-corrected chi connectivity index (χ3v) is 5.17. The van der Waals surface area contributed by atoms with Crippen LogP contribution in [0.1, 0.15) is 43.3 Å². The quantitative estimate of drug-likeness (QED) is 0.652. The Kier molecular flexibility index (Phi) is 4.81. The van der Waals surface area contributed by atoms with E-state index in [0.29, 0.717) is 36.2 Å². The Morgan fingerprint density at radius 2 is 1.96 bits per heavy atom. The van der Waals surface area contributed by atoms with E-state index in [1.165, 1.54) is 19.4 Å². The Bertz CT molecular complexity index is 1080. The van der Waals surface area contributed by atoms with Crippen LogP contribution < -0.4 is 10.9 Å². The summed E-state index contributed by atoms with van der Waals surface area (Å²) >= 11 is 0. The standard InChI is InChI=1S/C22H24N2O4/c1-13-8-19(13)20-7-5-17(27-20)12-24(3)11-15-9-22(26)28-21-10-16(23-14(2)25)4-6-18(15)21/h4-7,9-10,13,19H,8,11-12H2,1-3H3,(H,23,25)/t13-,19-/m1/s1. The van der Waals surface area contributed by atoms with Gasteiger partial charge < -0.3 is 14.2 Å². The van der Waals surface area contributed by atoms with E-state index in [1.807, 2.05) is 25.2 Å². The molecular weight excluding hydrogens is 356 g/mol. The molecule has 4 rings (SSSR count). The van der Waals surface area contributed by atoms with Crippen molar-refractivity contribution in [3.05, 3.63) is 63.9 Å². The van der Waals surface area contributed by atoms with Crippen molar-refractivity contribution in [1.29, 1.82) is 0 Å². The zero-order valence-corrected chi connectivity index (χ0v) is 16.3. The predicted octanol–water partition coefficient (Wildman–Crippen LogP) is 4.10. The average Bonchev–Trinajstić information content (AvgIpc) is 3.16. The van der Waals surface area contributed by atoms with Crippen LogP contribution in [0.2, 0.25) is 0 Å². The monoisotopic (exact) mass is 380 g/mol. The maximum atomic E-state index is 12.0. The molecule has 2 atom stereocenters. The predicted molar refractivity (Wildman–Crippen MR) is 107 cm³/mol. The Hall–Kier alpha value is -2.86. The molecule has 1 aliphatic rings. The third kappa shape index (κ3) is 4.02. The van der Waals surface area contributed by atoms with Crippen molar-refractivity contribution in [3.63, 3.8) is 0 Å². The summed E-state index contributed by atoms with van der Waals surface area (Å²) in [5.41, 5.74) is 1.54. The Morgan fingerprint density at radius 3 is 2.68 bits per heavy atom. The number of nitrogens with one attached hydrogen (secondary N) is 1. The van der Waals surface area contributed by atoms with Gasteiger partial charge in [-0.2, -0.15) is 0 Å². The number of hydrogen-bond donors (Lipinski definition) is 1. The SMILES string of the molecule is CC(=O)Nc1ccc2c(CN(C)Cc3ccc([C@@H]4C[C@H]4C)o3)cc(=O)oc2c1. The molecule has 1 fully saturated rings. The van der Waals surface area contributed by atoms with E-state index in [1.54, 1.807) is 6.07 Å². The van der Waals surface area contributed by atoms with E-state index < -0.39 is 5.63 Å². The van der Waals surface area contributed by atoms with Gasteiger partial charge in [-0.05, 0) is 49.2 Å². The highest BCUT2D eigenvalue weighted by Gasteiger charge is 2.36. The molecule has 0 radical (unpaired) electrons. The summed E-state index contributed by atoms with van der Waals surface area (Å²) in [6.07, 6.45) is 1.20. The molecule has 0 unspecified atom stereocenters. The summed E-state index contributed by atoms with van der Waals surface area (Å²) in [5, 5.41) is 3.56. The normalized spacial score (nSPS) is 18.6. The van der Waals surface area contributed by atoms with Crippen LogP contribution in [0.25, 0.3) is 11.0 Å². The lowest BCUT2D eigenvalue weighted by Crippen LogP contribution is -2.18. The molecule has 2 heterocycles. The van der Waals surface area contributed by atoms with Crippen LogP contribution in [0.4, 0.5) is 5.69 Å². The lowest BCUT2D eigenvalue weighted by molar-refractivity contribution is -0.114. The second-order valence-electron chi connectivity index (χ2n) is 7.78. The minimum absolute atomic E-state index is 0.170. The zero-order chi connectivity index (χ0) is 19.8. The number of carbonyl (C=O) groups is 1. The summed E-state index contributed by atoms with van der Waals surface area (Å²) in [7, 11) is 1.99. The highest BCUT2D eigenvalue weighted by Crippen LogP contribution is 2.47. The fraction of sp³-hybridized carbons (Fsp3) is 0.364. The maximum absolute atomic E-state index is 12.0. The minimum atomic E-state index is -0.404. The van der Waals surface area contributed by atoms with Crippen molar-refractivity contribution in [3.8, 4) is 0 Å². The molecule has 1 amide bonds. The first kappa shape index (κ1) is 18.5. The van der Waals surface area contributed by atoms with Crippen molar-refractivity contribution < 1.29 is 13.6 Å². The van der Waals surface area contributed by atoms with Crippen LogP contribution in [-0.2, 0) is 17.9 Å². The molecular formula is C22H24N2O4. The maximum Gasteiger partial charge on any atom is 0.336 e. The van der Waals surface area contributed by atoms with Crippen LogP contribution in [0.15, 0.2) is 50.0 Å². The van der Waals surface area contributed by atoms with E-state index in [2.05, 4.69) is 23.2 Å². The van der Waals surface area contributed by atoms with E-state index >= 15 is 0 Å². The topological polar surface area (TPSA) is 75.7 Å². The number of rotatable bonds is 6. The van der Waals surface area contributed by atoms with Gasteiger partial charge in [0, 0.05) is 42.6 Å². The molecule has 1 N–H and O–H groups in total. The van der Waals surface area contributed by atoms with Gasteiger partial charge in [0.15, 0.2) is 0 Å². The molecule has 0 spiro atoms. The highest BCUT2D eigenvalue weighted by molar-refractivity contribution is 5.92. The Balaban J connectivity index is 1.52. The average molecular weight is 380 g/mol. The largest absolute Gasteiger partial charge is 0.464 e. The number of furan rings is 1. The van der Waals surface area contributed by atoms with Gasteiger partial charge in [-0.25, -0.2) is 4.79 Å². The number of benzene rings is 1. The van der Waals surface area contributed by atoms with Crippen LogP contribution in [-0.4, -0.2) is 17.9 Å². The van der Waals surface area contributed by atoms with E-state index in [4.69, 9.17) is 8.83 Å². The lowest BCUT2D eigenvalue weighted by Gasteiger charge is -2.16. The molecule has 6 heteroatoms. The number of fused-ring (bicyclic) bond motifs is 1. The van der Waals surface area contributed by atoms with Crippen LogP contribution in [0, 0.1) is 5.92 Å². The smallest absolute Gasteiger partial charge is 0.336 e. The molecule has 28 heavy (non-hydrogen) atoms. The lowest BCUT2D eigenvalue weighted by atomic mass is 10.1. The molecule has 0 bridgehead atoms. The van der Waals surface area contributed by atoms with Crippen molar-refractivity contribution in [1.82, 2.24) is 4.90 Å². The van der Waals surface area contributed by atoms with Crippen molar-refractivity contribution >= 4 is 22.6 Å². The van der Waals surface area contributed by atoms with Crippen LogP contribution in [0.3, 0.4) is 0 Å². The second kappa shape index (κ2) is 7.28. The van der Waals surface area contributed by atoms with Gasteiger partial charge in [0.05, 0.1) is 6.54 Å². The summed E-state index contributed by atoms with van der Waals surface area (Å²) < 4.78 is 11.3. The first-order chi connectivity index (χ1) is 13.4. The molecule has 1 aromatic carbocycles. The van der Waals surface area contributed by atoms with Crippen LogP contribution in [0.5, 0.6) is 0 Å². The summed E-state index contributed by atoms with van der Waals surface area (Å²) in [6, 6.07) is 11.0. The number of anilines is 1. The van der Waals surface area contributed by atoms with Gasteiger partial charge >= 0.3 is 5.63 Å². The molecule has 2 aromatic heterocycles. The van der Waals surface area contributed by atoms with Gasteiger partial charge in [0.1, 0.15) is 17.1 Å². The number of amides is 1. The van der Waals surface area contributed by atoms with Crippen molar-refractivity contribution in [2.24, 2.45) is 5.92 Å². The summed E-state index contributed by atoms with van der Waals surface area (Å²) in [5.74, 6) is 3.12. The number of hydrogen-bond acceptors (Lipinski definition) is 5. The van der Waals surface area contributed by atoms with E-state index in [9.17, 15) is 9.59 Å². The van der Waals surface area contributed by atoms with Crippen LogP contribution >= 0.6 is 0 Å².